The largest absolute Gasteiger partial charge is 0.480 e. The van der Waals surface area contributed by atoms with Crippen molar-refractivity contribution in [3.05, 3.63) is 0 Å². The first kappa shape index (κ1) is 16.1. The first-order chi connectivity index (χ1) is 8.97. The smallest absolute Gasteiger partial charge is 0.326 e. The van der Waals surface area contributed by atoms with E-state index in [2.05, 4.69) is 16.9 Å². The minimum Gasteiger partial charge on any atom is -0.480 e. The van der Waals surface area contributed by atoms with Crippen LogP contribution in [0.25, 0.3) is 0 Å². The third-order valence-corrected chi connectivity index (χ3v) is 4.91. The van der Waals surface area contributed by atoms with Crippen molar-refractivity contribution in [1.29, 1.82) is 0 Å². The summed E-state index contributed by atoms with van der Waals surface area (Å²) in [7, 11) is 0. The van der Waals surface area contributed by atoms with Crippen LogP contribution in [-0.2, 0) is 4.79 Å². The molecular formula is C13H24N2O3S. The molecule has 1 fully saturated rings. The van der Waals surface area contributed by atoms with Gasteiger partial charge in [0.15, 0.2) is 0 Å². The highest BCUT2D eigenvalue weighted by molar-refractivity contribution is 7.99. The highest BCUT2D eigenvalue weighted by Gasteiger charge is 2.28. The third-order valence-electron chi connectivity index (χ3n) is 3.82. The number of aliphatic carboxylic acids is 1. The summed E-state index contributed by atoms with van der Waals surface area (Å²) in [5, 5.41) is 15.2. The summed E-state index contributed by atoms with van der Waals surface area (Å²) >= 11 is 1.82. The van der Waals surface area contributed by atoms with Crippen LogP contribution in [0.3, 0.4) is 0 Å². The number of carboxylic acids is 1. The maximum absolute atomic E-state index is 11.8. The van der Waals surface area contributed by atoms with Crippen LogP contribution in [0.4, 0.5) is 4.79 Å². The van der Waals surface area contributed by atoms with Crippen molar-refractivity contribution in [2.24, 2.45) is 5.92 Å². The summed E-state index contributed by atoms with van der Waals surface area (Å²) in [6, 6.07) is -1.01. The molecule has 0 spiro atoms. The molecule has 0 aromatic heterocycles. The Balaban J connectivity index is 2.43. The number of carbonyl (C=O) groups excluding carboxylic acids is 1. The van der Waals surface area contributed by atoms with Crippen LogP contribution in [0.15, 0.2) is 0 Å². The lowest BCUT2D eigenvalue weighted by atomic mass is 9.99. The molecule has 0 bridgehead atoms. The molecule has 0 radical (unpaired) electrons. The Labute approximate surface area is 118 Å². The second-order valence-corrected chi connectivity index (χ2v) is 6.32. The summed E-state index contributed by atoms with van der Waals surface area (Å²) in [4.78, 5) is 23.0. The van der Waals surface area contributed by atoms with Crippen molar-refractivity contribution in [2.75, 3.05) is 6.26 Å². The number of hydrogen-bond donors (Lipinski definition) is 3. The number of amides is 2. The second kappa shape index (κ2) is 7.62. The van der Waals surface area contributed by atoms with Gasteiger partial charge in [0, 0.05) is 11.3 Å². The van der Waals surface area contributed by atoms with Crippen molar-refractivity contribution in [2.45, 2.75) is 56.9 Å². The fourth-order valence-corrected chi connectivity index (χ4v) is 3.13. The van der Waals surface area contributed by atoms with Crippen molar-refractivity contribution < 1.29 is 14.7 Å². The molecular weight excluding hydrogens is 264 g/mol. The summed E-state index contributed by atoms with van der Waals surface area (Å²) in [6.07, 6.45) is 5.85. The summed E-state index contributed by atoms with van der Waals surface area (Å²) in [5.74, 6) is -1.05. The van der Waals surface area contributed by atoms with Gasteiger partial charge in [-0.15, -0.1) is 0 Å². The van der Waals surface area contributed by atoms with E-state index in [9.17, 15) is 9.59 Å². The predicted molar refractivity (Wildman–Crippen MR) is 77.5 cm³/mol. The van der Waals surface area contributed by atoms with Gasteiger partial charge in [0.05, 0.1) is 0 Å². The maximum atomic E-state index is 11.8. The van der Waals surface area contributed by atoms with Gasteiger partial charge in [0.1, 0.15) is 6.04 Å². The van der Waals surface area contributed by atoms with Crippen molar-refractivity contribution in [1.82, 2.24) is 10.6 Å². The van der Waals surface area contributed by atoms with Gasteiger partial charge in [0.2, 0.25) is 0 Å². The zero-order chi connectivity index (χ0) is 14.4. The Kier molecular flexibility index (Phi) is 6.48. The Morgan fingerprint density at radius 2 is 2.11 bits per heavy atom. The molecule has 0 aromatic carbocycles. The Hall–Kier alpha value is -0.910. The molecule has 1 saturated carbocycles. The SMILES string of the molecule is CCC(C)C(NC(=O)NC1CCC(SC)C1)C(=O)O. The van der Waals surface area contributed by atoms with Crippen LogP contribution in [0.5, 0.6) is 0 Å². The lowest BCUT2D eigenvalue weighted by Gasteiger charge is -2.22. The third kappa shape index (κ3) is 4.93. The molecule has 110 valence electrons. The first-order valence-electron chi connectivity index (χ1n) is 6.80. The molecule has 19 heavy (non-hydrogen) atoms. The van der Waals surface area contributed by atoms with Gasteiger partial charge < -0.3 is 15.7 Å². The Morgan fingerprint density at radius 3 is 2.58 bits per heavy atom. The minimum absolute atomic E-state index is 0.0780. The molecule has 2 amide bonds. The summed E-state index contributed by atoms with van der Waals surface area (Å²) in [5.41, 5.74) is 0. The van der Waals surface area contributed by atoms with E-state index < -0.39 is 12.0 Å². The average molecular weight is 288 g/mol. The molecule has 0 heterocycles. The molecule has 3 N–H and O–H groups in total. The predicted octanol–water partition coefficient (Wildman–Crippen LogP) is 2.07. The van der Waals surface area contributed by atoms with E-state index in [1.807, 2.05) is 25.6 Å². The van der Waals surface area contributed by atoms with Crippen LogP contribution < -0.4 is 10.6 Å². The molecule has 0 aromatic rings. The van der Waals surface area contributed by atoms with Crippen LogP contribution >= 0.6 is 11.8 Å². The van der Waals surface area contributed by atoms with Gasteiger partial charge in [-0.3, -0.25) is 0 Å². The van der Waals surface area contributed by atoms with Crippen LogP contribution in [0.2, 0.25) is 0 Å². The van der Waals surface area contributed by atoms with Gasteiger partial charge in [-0.05, 0) is 31.4 Å². The molecule has 0 aliphatic heterocycles. The zero-order valence-electron chi connectivity index (χ0n) is 11.8. The van der Waals surface area contributed by atoms with Crippen LogP contribution in [-0.4, -0.2) is 40.7 Å². The molecule has 6 heteroatoms. The van der Waals surface area contributed by atoms with Crippen LogP contribution in [0, 0.1) is 5.92 Å². The van der Waals surface area contributed by atoms with E-state index in [1.165, 1.54) is 0 Å². The zero-order valence-corrected chi connectivity index (χ0v) is 12.6. The number of nitrogens with one attached hydrogen (secondary N) is 2. The van der Waals surface area contributed by atoms with Gasteiger partial charge in [-0.1, -0.05) is 20.3 Å². The molecule has 1 aliphatic carbocycles. The van der Waals surface area contributed by atoms with Gasteiger partial charge in [0.25, 0.3) is 0 Å². The summed E-state index contributed by atoms with van der Waals surface area (Å²) in [6.45, 7) is 3.75. The Bertz CT molecular complexity index is 325. The lowest BCUT2D eigenvalue weighted by molar-refractivity contribution is -0.140. The standard InChI is InChI=1S/C13H24N2O3S/c1-4-8(2)11(12(16)17)15-13(18)14-9-5-6-10(7-9)19-3/h8-11H,4-7H2,1-3H3,(H,16,17)(H2,14,15,18). The lowest BCUT2D eigenvalue weighted by Crippen LogP contribution is -2.51. The van der Waals surface area contributed by atoms with Gasteiger partial charge in [-0.2, -0.15) is 11.8 Å². The van der Waals surface area contributed by atoms with E-state index in [-0.39, 0.29) is 18.0 Å². The number of thioether (sulfide) groups is 1. The quantitative estimate of drug-likeness (QED) is 0.699. The van der Waals surface area contributed by atoms with Crippen molar-refractivity contribution in [3.8, 4) is 0 Å². The number of rotatable bonds is 6. The number of urea groups is 1. The maximum Gasteiger partial charge on any atom is 0.326 e. The average Bonchev–Trinajstić information content (AvgIpc) is 2.82. The highest BCUT2D eigenvalue weighted by Crippen LogP contribution is 2.28. The fourth-order valence-electron chi connectivity index (χ4n) is 2.34. The summed E-state index contributed by atoms with van der Waals surface area (Å²) < 4.78 is 0. The van der Waals surface area contributed by atoms with Crippen molar-refractivity contribution in [3.63, 3.8) is 0 Å². The highest BCUT2D eigenvalue weighted by atomic mass is 32.2. The normalized spacial score (nSPS) is 25.6. The molecule has 1 aliphatic rings. The molecule has 4 atom stereocenters. The number of carbonyl (C=O) groups is 2. The minimum atomic E-state index is -0.974. The fraction of sp³-hybridized carbons (Fsp3) is 0.846. The van der Waals surface area contributed by atoms with Gasteiger partial charge in [-0.25, -0.2) is 9.59 Å². The van der Waals surface area contributed by atoms with Crippen LogP contribution in [0.1, 0.15) is 39.5 Å². The first-order valence-corrected chi connectivity index (χ1v) is 8.09. The molecule has 0 saturated heterocycles. The van der Waals surface area contributed by atoms with E-state index in [1.54, 1.807) is 0 Å². The number of carboxylic acid groups (broad SMARTS) is 1. The van der Waals surface area contributed by atoms with Crippen molar-refractivity contribution >= 4 is 23.8 Å². The monoisotopic (exact) mass is 288 g/mol. The van der Waals surface area contributed by atoms with E-state index in [0.29, 0.717) is 5.25 Å². The number of hydrogen-bond acceptors (Lipinski definition) is 3. The van der Waals surface area contributed by atoms with E-state index in [0.717, 1.165) is 25.7 Å². The molecule has 1 rings (SSSR count). The Morgan fingerprint density at radius 1 is 1.42 bits per heavy atom. The molecule has 5 nitrogen and oxygen atoms in total. The second-order valence-electron chi connectivity index (χ2n) is 5.19. The van der Waals surface area contributed by atoms with E-state index >= 15 is 0 Å². The topological polar surface area (TPSA) is 78.4 Å². The molecule has 4 unspecified atom stereocenters. The van der Waals surface area contributed by atoms with E-state index in [4.69, 9.17) is 5.11 Å². The van der Waals surface area contributed by atoms with Gasteiger partial charge >= 0.3 is 12.0 Å².